The number of amides is 2. The van der Waals surface area contributed by atoms with E-state index in [9.17, 15) is 29.8 Å². The number of fused-ring (bicyclic) bond motifs is 2. The summed E-state index contributed by atoms with van der Waals surface area (Å²) in [6, 6.07) is 12.2. The molecule has 4 aromatic rings. The summed E-state index contributed by atoms with van der Waals surface area (Å²) in [7, 11) is 0. The predicted molar refractivity (Wildman–Crippen MR) is 122 cm³/mol. The number of rotatable bonds is 5. The molecule has 0 aliphatic carbocycles. The molecule has 0 spiro atoms. The minimum atomic E-state index is -0.796. The van der Waals surface area contributed by atoms with E-state index in [0.717, 1.165) is 0 Å². The van der Waals surface area contributed by atoms with Crippen molar-refractivity contribution in [2.45, 2.75) is 13.8 Å². The molecule has 12 heteroatoms. The molecule has 4 rings (SSSR count). The first-order valence-corrected chi connectivity index (χ1v) is 10.3. The Morgan fingerprint density at radius 1 is 0.735 bits per heavy atom. The van der Waals surface area contributed by atoms with Gasteiger partial charge < -0.3 is 30.5 Å². The summed E-state index contributed by atoms with van der Waals surface area (Å²) < 4.78 is 1.79. The van der Waals surface area contributed by atoms with Crippen molar-refractivity contribution < 1.29 is 18.4 Å². The Balaban J connectivity index is 1.49. The van der Waals surface area contributed by atoms with Gasteiger partial charge in [0.25, 0.3) is 11.0 Å². The van der Waals surface area contributed by atoms with Gasteiger partial charge in [-0.2, -0.15) is 0 Å². The number of para-hydroxylation sites is 4. The van der Waals surface area contributed by atoms with Gasteiger partial charge in [-0.05, 0) is 26.0 Å². The zero-order valence-electron chi connectivity index (χ0n) is 18.3. The first kappa shape index (κ1) is 22.5. The molecule has 0 atom stereocenters. The summed E-state index contributed by atoms with van der Waals surface area (Å²) in [6.45, 7) is 2.52. The maximum absolute atomic E-state index is 12.6. The molecule has 2 aromatic carbocycles. The van der Waals surface area contributed by atoms with Gasteiger partial charge in [0.15, 0.2) is 0 Å². The summed E-state index contributed by atoms with van der Waals surface area (Å²) in [6.07, 6.45) is 0. The third-order valence-electron chi connectivity index (χ3n) is 5.47. The number of benzene rings is 2. The van der Waals surface area contributed by atoms with Crippen LogP contribution in [-0.4, -0.2) is 34.4 Å². The third-order valence-corrected chi connectivity index (χ3v) is 5.47. The Labute approximate surface area is 191 Å². The molecule has 0 saturated carbocycles. The molecule has 2 heterocycles. The predicted octanol–water partition coefficient (Wildman–Crippen LogP) is 0.893. The first-order chi connectivity index (χ1) is 16.2. The molecule has 0 bridgehead atoms. The van der Waals surface area contributed by atoms with Crippen LogP contribution in [0.25, 0.3) is 22.1 Å². The maximum Gasteiger partial charge on any atom is 0.346 e. The van der Waals surface area contributed by atoms with E-state index < -0.39 is 11.8 Å². The number of aromatic nitrogens is 4. The second kappa shape index (κ2) is 8.65. The van der Waals surface area contributed by atoms with Gasteiger partial charge in [-0.3, -0.25) is 9.59 Å². The number of hydrogen-bond donors (Lipinski definition) is 2. The minimum absolute atomic E-state index is 0.0410. The van der Waals surface area contributed by atoms with E-state index in [1.165, 1.54) is 38.1 Å². The Hall–Kier alpha value is -4.74. The Bertz CT molecular complexity index is 1470. The molecular weight excluding hydrogens is 444 g/mol. The lowest BCUT2D eigenvalue weighted by atomic mass is 10.2. The van der Waals surface area contributed by atoms with Crippen molar-refractivity contribution in [3.8, 4) is 0 Å². The molecule has 2 N–H and O–H groups in total. The van der Waals surface area contributed by atoms with E-state index in [0.29, 0.717) is 18.3 Å². The van der Waals surface area contributed by atoms with E-state index in [1.807, 2.05) is 0 Å². The molecule has 0 unspecified atom stereocenters. The first-order valence-electron chi connectivity index (χ1n) is 10.3. The van der Waals surface area contributed by atoms with Crippen LogP contribution in [0.2, 0.25) is 0 Å². The van der Waals surface area contributed by atoms with Crippen molar-refractivity contribution in [1.29, 1.82) is 0 Å². The van der Waals surface area contributed by atoms with Gasteiger partial charge in [0, 0.05) is 35.0 Å². The number of nitrogens with one attached hydrogen (secondary N) is 2. The number of carbonyl (C=O) groups is 2. The topological polar surface area (TPSA) is 160 Å². The standard InChI is InChI=1S/C22H20N6O6/c1-13-19(27(33)17-9-5-3-7-15(17)25(13)31)21(29)23-11-12-24-22(30)20-14(2)26(32)16-8-4-6-10-18(16)28(20)34/h3-10H,11-12H2,1-2H3,(H,23,29)(H,24,30). The minimum Gasteiger partial charge on any atom is -0.805 e. The Kier molecular flexibility index (Phi) is 5.72. The molecule has 2 aromatic heterocycles. The second-order valence-electron chi connectivity index (χ2n) is 7.53. The van der Waals surface area contributed by atoms with Crippen molar-refractivity contribution >= 4 is 33.9 Å². The number of carbonyl (C=O) groups excluding carboxylic acids is 2. The SMILES string of the molecule is Cc1c(C(=O)NCCNC(=O)c2c(C)n([O-])c3ccccc3[n+]2=O)[n+](=O)c2ccccc2n1[O-]. The van der Waals surface area contributed by atoms with Gasteiger partial charge in [-0.15, -0.1) is 0 Å². The molecule has 0 fully saturated rings. The Morgan fingerprint density at radius 3 is 1.47 bits per heavy atom. The monoisotopic (exact) mass is 464 g/mol. The van der Waals surface area contributed by atoms with Crippen LogP contribution in [-0.2, 0) is 0 Å². The van der Waals surface area contributed by atoms with Crippen molar-refractivity contribution in [2.75, 3.05) is 13.1 Å². The second-order valence-corrected chi connectivity index (χ2v) is 7.53. The van der Waals surface area contributed by atoms with Gasteiger partial charge in [-0.25, -0.2) is 0 Å². The maximum atomic E-state index is 12.6. The quantitative estimate of drug-likeness (QED) is 0.329. The summed E-state index contributed by atoms with van der Waals surface area (Å²) in [4.78, 5) is 50.5. The van der Waals surface area contributed by atoms with Crippen LogP contribution in [0.5, 0.6) is 0 Å². The summed E-state index contributed by atoms with van der Waals surface area (Å²) in [5, 5.41) is 29.8. The average Bonchev–Trinajstić information content (AvgIpc) is 2.84. The summed E-state index contributed by atoms with van der Waals surface area (Å²) >= 11 is 0. The van der Waals surface area contributed by atoms with E-state index in [2.05, 4.69) is 10.6 Å². The van der Waals surface area contributed by atoms with Gasteiger partial charge in [0.2, 0.25) is 0 Å². The van der Waals surface area contributed by atoms with Crippen LogP contribution in [0, 0.1) is 34.1 Å². The van der Waals surface area contributed by atoms with E-state index in [-0.39, 0.29) is 57.9 Å². The Morgan fingerprint density at radius 2 is 1.09 bits per heavy atom. The van der Waals surface area contributed by atoms with Gasteiger partial charge in [-0.1, -0.05) is 24.3 Å². The smallest absolute Gasteiger partial charge is 0.346 e. The van der Waals surface area contributed by atoms with Gasteiger partial charge in [0.1, 0.15) is 11.0 Å². The van der Waals surface area contributed by atoms with Gasteiger partial charge in [0.05, 0.1) is 20.2 Å². The molecule has 0 aliphatic heterocycles. The highest BCUT2D eigenvalue weighted by molar-refractivity contribution is 5.94. The zero-order valence-corrected chi connectivity index (χ0v) is 18.3. The molecule has 12 nitrogen and oxygen atoms in total. The number of hydrogen-bond acceptors (Lipinski definition) is 6. The fourth-order valence-corrected chi connectivity index (χ4v) is 3.74. The van der Waals surface area contributed by atoms with Crippen LogP contribution < -0.4 is 19.5 Å². The van der Waals surface area contributed by atoms with E-state index in [4.69, 9.17) is 0 Å². The lowest BCUT2D eigenvalue weighted by Gasteiger charge is -2.16. The van der Waals surface area contributed by atoms with Crippen molar-refractivity contribution in [3.05, 3.63) is 91.5 Å². The largest absolute Gasteiger partial charge is 0.805 e. The van der Waals surface area contributed by atoms with E-state index >= 15 is 0 Å². The summed E-state index contributed by atoms with van der Waals surface area (Å²) in [5.74, 6) is -1.59. The number of nitrogens with zero attached hydrogens (tertiary/aromatic N) is 4. The highest BCUT2D eigenvalue weighted by Crippen LogP contribution is 2.14. The fraction of sp³-hybridized carbons (Fsp3) is 0.182. The lowest BCUT2D eigenvalue weighted by Crippen LogP contribution is -2.42. The molecule has 0 saturated heterocycles. The van der Waals surface area contributed by atoms with Crippen molar-refractivity contribution in [3.63, 3.8) is 0 Å². The molecule has 174 valence electrons. The fourth-order valence-electron chi connectivity index (χ4n) is 3.74. The van der Waals surface area contributed by atoms with Crippen LogP contribution in [0.4, 0.5) is 0 Å². The zero-order chi connectivity index (χ0) is 24.6. The van der Waals surface area contributed by atoms with Crippen molar-refractivity contribution in [1.82, 2.24) is 20.1 Å². The van der Waals surface area contributed by atoms with Crippen LogP contribution in [0.1, 0.15) is 32.4 Å². The molecular formula is C22H20N6O6. The molecule has 0 radical (unpaired) electrons. The molecule has 0 aliphatic rings. The van der Waals surface area contributed by atoms with Crippen LogP contribution in [0.15, 0.2) is 48.5 Å². The lowest BCUT2D eigenvalue weighted by molar-refractivity contribution is -0.468. The summed E-state index contributed by atoms with van der Waals surface area (Å²) in [5.41, 5.74) is -0.537. The van der Waals surface area contributed by atoms with Crippen LogP contribution in [0.3, 0.4) is 0 Å². The van der Waals surface area contributed by atoms with Gasteiger partial charge >= 0.3 is 23.2 Å². The normalized spacial score (nSPS) is 11.0. The highest BCUT2D eigenvalue weighted by atomic mass is 16.5. The van der Waals surface area contributed by atoms with Crippen LogP contribution >= 0.6 is 0 Å². The third kappa shape index (κ3) is 3.60. The average molecular weight is 464 g/mol. The van der Waals surface area contributed by atoms with Crippen molar-refractivity contribution in [2.24, 2.45) is 0 Å². The molecule has 2 amide bonds. The van der Waals surface area contributed by atoms with E-state index in [1.54, 1.807) is 24.3 Å². The highest BCUT2D eigenvalue weighted by Gasteiger charge is 2.28. The molecule has 34 heavy (non-hydrogen) atoms.